The van der Waals surface area contributed by atoms with Crippen molar-refractivity contribution in [3.8, 4) is 0 Å². The average molecular weight is 156 g/mol. The van der Waals surface area contributed by atoms with E-state index in [1.807, 2.05) is 0 Å². The zero-order valence-corrected chi connectivity index (χ0v) is 7.46. The normalized spacial score (nSPS) is 31.4. The lowest BCUT2D eigenvalue weighted by atomic mass is 9.93. The number of allylic oxidation sites excluding steroid dienone is 1. The van der Waals surface area contributed by atoms with Gasteiger partial charge >= 0.3 is 0 Å². The molecule has 2 unspecified atom stereocenters. The third-order valence-corrected chi connectivity index (χ3v) is 2.12. The fraction of sp³-hybridized carbons (Fsp3) is 0.778. The van der Waals surface area contributed by atoms with Crippen molar-refractivity contribution in [2.75, 3.05) is 14.2 Å². The topological polar surface area (TPSA) is 18.5 Å². The van der Waals surface area contributed by atoms with E-state index >= 15 is 0 Å². The molecule has 0 N–H and O–H groups in total. The third-order valence-electron chi connectivity index (χ3n) is 2.12. The van der Waals surface area contributed by atoms with Crippen LogP contribution in [-0.4, -0.2) is 20.3 Å². The summed E-state index contributed by atoms with van der Waals surface area (Å²) >= 11 is 0. The van der Waals surface area contributed by atoms with Crippen molar-refractivity contribution in [2.45, 2.75) is 25.9 Å². The first-order valence-electron chi connectivity index (χ1n) is 4.03. The van der Waals surface area contributed by atoms with Crippen LogP contribution < -0.4 is 0 Å². The van der Waals surface area contributed by atoms with Gasteiger partial charge in [-0.1, -0.05) is 6.92 Å². The lowest BCUT2D eigenvalue weighted by Gasteiger charge is -2.24. The molecule has 0 heterocycles. The van der Waals surface area contributed by atoms with Gasteiger partial charge in [0.2, 0.25) is 0 Å². The van der Waals surface area contributed by atoms with Gasteiger partial charge in [-0.25, -0.2) is 0 Å². The van der Waals surface area contributed by atoms with E-state index in [-0.39, 0.29) is 6.10 Å². The molecule has 0 saturated carbocycles. The predicted molar refractivity (Wildman–Crippen MR) is 44.3 cm³/mol. The first-order chi connectivity index (χ1) is 5.26. The standard InChI is InChI=1S/C9H16O2/c1-7-4-8(10-2)6-9(5-7)11-3/h6-8H,4-5H2,1-3H3. The van der Waals surface area contributed by atoms with Crippen LogP contribution in [0, 0.1) is 5.92 Å². The molecule has 0 fully saturated rings. The van der Waals surface area contributed by atoms with Crippen LogP contribution in [-0.2, 0) is 9.47 Å². The number of methoxy groups -OCH3 is 2. The monoisotopic (exact) mass is 156 g/mol. The molecule has 0 radical (unpaired) electrons. The van der Waals surface area contributed by atoms with Crippen LogP contribution in [0.1, 0.15) is 19.8 Å². The Bertz CT molecular complexity index is 152. The van der Waals surface area contributed by atoms with Gasteiger partial charge in [0.25, 0.3) is 0 Å². The lowest BCUT2D eigenvalue weighted by molar-refractivity contribution is 0.0990. The molecule has 0 aromatic rings. The molecule has 0 bridgehead atoms. The summed E-state index contributed by atoms with van der Waals surface area (Å²) in [6.45, 7) is 2.22. The maximum atomic E-state index is 5.24. The maximum Gasteiger partial charge on any atom is 0.0944 e. The minimum absolute atomic E-state index is 0.258. The van der Waals surface area contributed by atoms with E-state index in [0.29, 0.717) is 5.92 Å². The van der Waals surface area contributed by atoms with Gasteiger partial charge in [-0.15, -0.1) is 0 Å². The zero-order valence-electron chi connectivity index (χ0n) is 7.46. The molecule has 0 amide bonds. The SMILES string of the molecule is COC1=CC(OC)CC(C)C1. The fourth-order valence-corrected chi connectivity index (χ4v) is 1.48. The smallest absolute Gasteiger partial charge is 0.0944 e. The van der Waals surface area contributed by atoms with E-state index in [4.69, 9.17) is 9.47 Å². The Labute approximate surface area is 68.2 Å². The van der Waals surface area contributed by atoms with Crippen LogP contribution in [0.2, 0.25) is 0 Å². The first kappa shape index (κ1) is 8.60. The summed E-state index contributed by atoms with van der Waals surface area (Å²) in [6.07, 6.45) is 4.49. The van der Waals surface area contributed by atoms with Crippen molar-refractivity contribution in [1.29, 1.82) is 0 Å². The van der Waals surface area contributed by atoms with Crippen molar-refractivity contribution < 1.29 is 9.47 Å². The molecule has 2 nitrogen and oxygen atoms in total. The summed E-state index contributed by atoms with van der Waals surface area (Å²) in [5.41, 5.74) is 0. The van der Waals surface area contributed by atoms with Crippen LogP contribution >= 0.6 is 0 Å². The van der Waals surface area contributed by atoms with Gasteiger partial charge in [0.1, 0.15) is 0 Å². The average Bonchev–Trinajstić information content (AvgIpc) is 2.03. The Balaban J connectivity index is 2.57. The Kier molecular flexibility index (Phi) is 2.94. The molecule has 64 valence electrons. The number of ether oxygens (including phenoxy) is 2. The summed E-state index contributed by atoms with van der Waals surface area (Å²) < 4.78 is 10.4. The molecule has 0 aromatic carbocycles. The van der Waals surface area contributed by atoms with Crippen LogP contribution in [0.4, 0.5) is 0 Å². The second kappa shape index (κ2) is 3.77. The van der Waals surface area contributed by atoms with Gasteiger partial charge in [0.05, 0.1) is 19.0 Å². The molecule has 1 rings (SSSR count). The summed E-state index contributed by atoms with van der Waals surface area (Å²) in [6, 6.07) is 0. The van der Waals surface area contributed by atoms with Gasteiger partial charge in [-0.2, -0.15) is 0 Å². The predicted octanol–water partition coefficient (Wildman–Crippen LogP) is 1.96. The number of hydrogen-bond donors (Lipinski definition) is 0. The van der Waals surface area contributed by atoms with Crippen LogP contribution in [0.5, 0.6) is 0 Å². The zero-order chi connectivity index (χ0) is 8.27. The molecule has 1 aliphatic rings. The molecule has 0 saturated heterocycles. The Morgan fingerprint density at radius 3 is 2.73 bits per heavy atom. The van der Waals surface area contributed by atoms with Gasteiger partial charge < -0.3 is 9.47 Å². The Morgan fingerprint density at radius 2 is 2.18 bits per heavy atom. The molecule has 0 aliphatic heterocycles. The highest BCUT2D eigenvalue weighted by Crippen LogP contribution is 2.25. The molecule has 0 spiro atoms. The van der Waals surface area contributed by atoms with Crippen LogP contribution in [0.3, 0.4) is 0 Å². The van der Waals surface area contributed by atoms with Crippen molar-refractivity contribution in [3.05, 3.63) is 11.8 Å². The minimum Gasteiger partial charge on any atom is -0.501 e. The molecule has 11 heavy (non-hydrogen) atoms. The van der Waals surface area contributed by atoms with E-state index in [2.05, 4.69) is 13.0 Å². The largest absolute Gasteiger partial charge is 0.501 e. The van der Waals surface area contributed by atoms with E-state index in [1.165, 1.54) is 0 Å². The first-order valence-corrected chi connectivity index (χ1v) is 4.03. The fourth-order valence-electron chi connectivity index (χ4n) is 1.48. The second-order valence-corrected chi connectivity index (χ2v) is 3.16. The molecule has 1 aliphatic carbocycles. The van der Waals surface area contributed by atoms with E-state index in [9.17, 15) is 0 Å². The van der Waals surface area contributed by atoms with Gasteiger partial charge in [-0.3, -0.25) is 0 Å². The molecule has 2 heteroatoms. The Hall–Kier alpha value is -0.500. The van der Waals surface area contributed by atoms with Crippen molar-refractivity contribution in [3.63, 3.8) is 0 Å². The highest BCUT2D eigenvalue weighted by atomic mass is 16.5. The highest BCUT2D eigenvalue weighted by molar-refractivity contribution is 5.03. The summed E-state index contributed by atoms with van der Waals surface area (Å²) in [5, 5.41) is 0. The van der Waals surface area contributed by atoms with E-state index in [0.717, 1.165) is 18.6 Å². The molecular weight excluding hydrogens is 140 g/mol. The minimum atomic E-state index is 0.258. The van der Waals surface area contributed by atoms with Crippen molar-refractivity contribution >= 4 is 0 Å². The molecular formula is C9H16O2. The van der Waals surface area contributed by atoms with E-state index < -0.39 is 0 Å². The second-order valence-electron chi connectivity index (χ2n) is 3.16. The van der Waals surface area contributed by atoms with Crippen molar-refractivity contribution in [2.24, 2.45) is 5.92 Å². The summed E-state index contributed by atoms with van der Waals surface area (Å²) in [4.78, 5) is 0. The molecule has 2 atom stereocenters. The van der Waals surface area contributed by atoms with Gasteiger partial charge in [-0.05, 0) is 18.4 Å². The summed E-state index contributed by atoms with van der Waals surface area (Å²) in [7, 11) is 3.46. The van der Waals surface area contributed by atoms with Gasteiger partial charge in [0.15, 0.2) is 0 Å². The summed E-state index contributed by atoms with van der Waals surface area (Å²) in [5.74, 6) is 1.75. The lowest BCUT2D eigenvalue weighted by Crippen LogP contribution is -2.18. The number of hydrogen-bond acceptors (Lipinski definition) is 2. The van der Waals surface area contributed by atoms with Crippen molar-refractivity contribution in [1.82, 2.24) is 0 Å². The number of rotatable bonds is 2. The molecule has 0 aromatic heterocycles. The van der Waals surface area contributed by atoms with Crippen LogP contribution in [0.15, 0.2) is 11.8 Å². The Morgan fingerprint density at radius 1 is 1.45 bits per heavy atom. The quantitative estimate of drug-likeness (QED) is 0.608. The maximum absolute atomic E-state index is 5.24. The van der Waals surface area contributed by atoms with Gasteiger partial charge in [0, 0.05) is 13.5 Å². The third kappa shape index (κ3) is 2.22. The van der Waals surface area contributed by atoms with Crippen LogP contribution in [0.25, 0.3) is 0 Å². The highest BCUT2D eigenvalue weighted by Gasteiger charge is 2.18. The van der Waals surface area contributed by atoms with E-state index in [1.54, 1.807) is 14.2 Å².